The Labute approximate surface area is 146 Å². The summed E-state index contributed by atoms with van der Waals surface area (Å²) >= 11 is 5.88. The molecule has 0 N–H and O–H groups in total. The quantitative estimate of drug-likeness (QED) is 0.519. The zero-order chi connectivity index (χ0) is 17.6. The number of hydrogen-bond donors (Lipinski definition) is 0. The van der Waals surface area contributed by atoms with Crippen molar-refractivity contribution in [3.05, 3.63) is 68.6 Å². The molecule has 1 aliphatic rings. The number of fused-ring (bicyclic) bond motifs is 2. The molecular weight excluding hydrogens is 346 g/mol. The molecule has 0 unspecified atom stereocenters. The van der Waals surface area contributed by atoms with Crippen LogP contribution in [0.15, 0.2) is 36.7 Å². The van der Waals surface area contributed by atoms with Gasteiger partial charge in [-0.05, 0) is 12.0 Å². The molecule has 0 bridgehead atoms. The van der Waals surface area contributed by atoms with E-state index in [0.29, 0.717) is 35.7 Å². The average molecular weight is 358 g/mol. The third-order valence-corrected chi connectivity index (χ3v) is 4.42. The minimum atomic E-state index is -0.381. The van der Waals surface area contributed by atoms with Gasteiger partial charge in [-0.2, -0.15) is 5.10 Å². The number of halogens is 1. The lowest BCUT2D eigenvalue weighted by Gasteiger charge is -2.27. The molecule has 3 heterocycles. The van der Waals surface area contributed by atoms with E-state index in [4.69, 9.17) is 11.6 Å². The van der Waals surface area contributed by atoms with Crippen LogP contribution in [0, 0.1) is 10.1 Å². The van der Waals surface area contributed by atoms with Crippen LogP contribution in [0.5, 0.6) is 0 Å². The van der Waals surface area contributed by atoms with Crippen molar-refractivity contribution >= 4 is 28.8 Å². The summed E-state index contributed by atoms with van der Waals surface area (Å²) in [6, 6.07) is 6.55. The highest BCUT2D eigenvalue weighted by Gasteiger charge is 2.28. The van der Waals surface area contributed by atoms with E-state index < -0.39 is 0 Å². The van der Waals surface area contributed by atoms with E-state index >= 15 is 0 Å². The van der Waals surface area contributed by atoms with E-state index in [1.54, 1.807) is 23.2 Å². The van der Waals surface area contributed by atoms with Crippen LogP contribution < -0.4 is 0 Å². The second-order valence-electron chi connectivity index (χ2n) is 5.75. The van der Waals surface area contributed by atoms with Gasteiger partial charge in [0, 0.05) is 37.0 Å². The molecule has 0 saturated carbocycles. The Balaban J connectivity index is 1.63. The standard InChI is InChI=1S/C16H12ClN5O3/c17-11-7-18-15-6-13(19-21(15)9-11)16(23)20-5-4-12-10(8-20)2-1-3-14(12)22(24)25/h1-3,6-7,9H,4-5,8H2. The molecule has 126 valence electrons. The lowest BCUT2D eigenvalue weighted by Crippen LogP contribution is -2.36. The fourth-order valence-corrected chi connectivity index (χ4v) is 3.20. The van der Waals surface area contributed by atoms with Gasteiger partial charge in [0.05, 0.1) is 16.1 Å². The monoisotopic (exact) mass is 357 g/mol. The van der Waals surface area contributed by atoms with Crippen LogP contribution in [0.1, 0.15) is 21.6 Å². The number of nitro benzene ring substituents is 1. The second kappa shape index (κ2) is 5.82. The first-order valence-electron chi connectivity index (χ1n) is 7.58. The Kier molecular flexibility index (Phi) is 3.61. The molecule has 1 aromatic carbocycles. The van der Waals surface area contributed by atoms with Gasteiger partial charge in [0.2, 0.25) is 0 Å². The number of aromatic nitrogens is 3. The fraction of sp³-hybridized carbons (Fsp3) is 0.188. The largest absolute Gasteiger partial charge is 0.333 e. The predicted octanol–water partition coefficient (Wildman–Crippen LogP) is 2.49. The van der Waals surface area contributed by atoms with Crippen LogP contribution in [0.3, 0.4) is 0 Å². The zero-order valence-electron chi connectivity index (χ0n) is 12.9. The van der Waals surface area contributed by atoms with E-state index in [9.17, 15) is 14.9 Å². The Bertz CT molecular complexity index is 1020. The van der Waals surface area contributed by atoms with Gasteiger partial charge in [0.15, 0.2) is 11.3 Å². The highest BCUT2D eigenvalue weighted by Crippen LogP contribution is 2.28. The van der Waals surface area contributed by atoms with Gasteiger partial charge in [-0.1, -0.05) is 23.7 Å². The highest BCUT2D eigenvalue weighted by molar-refractivity contribution is 6.30. The van der Waals surface area contributed by atoms with Crippen LogP contribution in [-0.2, 0) is 13.0 Å². The molecule has 0 radical (unpaired) electrons. The van der Waals surface area contributed by atoms with E-state index in [0.717, 1.165) is 5.56 Å². The molecule has 1 aliphatic heterocycles. The Morgan fingerprint density at radius 3 is 3.00 bits per heavy atom. The Morgan fingerprint density at radius 2 is 2.20 bits per heavy atom. The van der Waals surface area contributed by atoms with Crippen molar-refractivity contribution in [3.8, 4) is 0 Å². The summed E-state index contributed by atoms with van der Waals surface area (Å²) in [6.45, 7) is 0.719. The molecule has 4 rings (SSSR count). The maximum Gasteiger partial charge on any atom is 0.274 e. The molecule has 3 aromatic rings. The van der Waals surface area contributed by atoms with Gasteiger partial charge in [-0.25, -0.2) is 9.50 Å². The molecule has 0 saturated heterocycles. The third kappa shape index (κ3) is 2.70. The molecule has 2 aromatic heterocycles. The van der Waals surface area contributed by atoms with Gasteiger partial charge in [0.25, 0.3) is 11.6 Å². The zero-order valence-corrected chi connectivity index (χ0v) is 13.7. The topological polar surface area (TPSA) is 93.6 Å². The van der Waals surface area contributed by atoms with Gasteiger partial charge >= 0.3 is 0 Å². The number of hydrogen-bond acceptors (Lipinski definition) is 5. The van der Waals surface area contributed by atoms with Crippen molar-refractivity contribution in [1.29, 1.82) is 0 Å². The number of carbonyl (C=O) groups is 1. The minimum Gasteiger partial charge on any atom is -0.333 e. The van der Waals surface area contributed by atoms with E-state index in [1.807, 2.05) is 6.07 Å². The van der Waals surface area contributed by atoms with Gasteiger partial charge in [-0.15, -0.1) is 0 Å². The summed E-state index contributed by atoms with van der Waals surface area (Å²) in [7, 11) is 0. The summed E-state index contributed by atoms with van der Waals surface area (Å²) in [5, 5.41) is 15.8. The smallest absolute Gasteiger partial charge is 0.274 e. The molecule has 0 fully saturated rings. The molecule has 9 heteroatoms. The van der Waals surface area contributed by atoms with Crippen molar-refractivity contribution in [1.82, 2.24) is 19.5 Å². The van der Waals surface area contributed by atoms with Crippen LogP contribution in [0.25, 0.3) is 5.65 Å². The summed E-state index contributed by atoms with van der Waals surface area (Å²) in [4.78, 5) is 29.2. The van der Waals surface area contributed by atoms with Crippen LogP contribution >= 0.6 is 11.6 Å². The van der Waals surface area contributed by atoms with Crippen LogP contribution in [-0.4, -0.2) is 36.9 Å². The van der Waals surface area contributed by atoms with E-state index in [1.165, 1.54) is 16.8 Å². The molecule has 0 spiro atoms. The third-order valence-electron chi connectivity index (χ3n) is 4.23. The fourth-order valence-electron chi connectivity index (χ4n) is 3.05. The van der Waals surface area contributed by atoms with Crippen LogP contribution in [0.4, 0.5) is 5.69 Å². The molecular formula is C16H12ClN5O3. The molecule has 0 atom stereocenters. The first kappa shape index (κ1) is 15.5. The summed E-state index contributed by atoms with van der Waals surface area (Å²) in [5.74, 6) is -0.237. The van der Waals surface area contributed by atoms with Crippen molar-refractivity contribution in [3.63, 3.8) is 0 Å². The predicted molar refractivity (Wildman–Crippen MR) is 89.5 cm³/mol. The van der Waals surface area contributed by atoms with Gasteiger partial charge in [0.1, 0.15) is 0 Å². The SMILES string of the molecule is O=C(c1cc2ncc(Cl)cn2n1)N1CCc2c(cccc2[N+](=O)[O-])C1. The molecule has 8 nitrogen and oxygen atoms in total. The first-order valence-corrected chi connectivity index (χ1v) is 7.96. The lowest BCUT2D eigenvalue weighted by atomic mass is 9.97. The molecule has 1 amide bonds. The van der Waals surface area contributed by atoms with Gasteiger partial charge in [-0.3, -0.25) is 14.9 Å². The van der Waals surface area contributed by atoms with Crippen molar-refractivity contribution in [2.24, 2.45) is 0 Å². The number of nitrogens with zero attached hydrogens (tertiary/aromatic N) is 5. The summed E-state index contributed by atoms with van der Waals surface area (Å²) < 4.78 is 1.46. The lowest BCUT2D eigenvalue weighted by molar-refractivity contribution is -0.385. The van der Waals surface area contributed by atoms with Gasteiger partial charge < -0.3 is 4.90 Å². The average Bonchev–Trinajstić information content (AvgIpc) is 3.03. The number of amides is 1. The Hall–Kier alpha value is -3.00. The van der Waals surface area contributed by atoms with Crippen molar-refractivity contribution in [2.75, 3.05) is 6.54 Å². The maximum absolute atomic E-state index is 12.7. The van der Waals surface area contributed by atoms with Crippen LogP contribution in [0.2, 0.25) is 5.02 Å². The van der Waals surface area contributed by atoms with Crippen molar-refractivity contribution in [2.45, 2.75) is 13.0 Å². The first-order chi connectivity index (χ1) is 12.0. The van der Waals surface area contributed by atoms with E-state index in [2.05, 4.69) is 10.1 Å². The second-order valence-corrected chi connectivity index (χ2v) is 6.19. The Morgan fingerprint density at radius 1 is 1.36 bits per heavy atom. The maximum atomic E-state index is 12.7. The number of rotatable bonds is 2. The minimum absolute atomic E-state index is 0.108. The molecule has 0 aliphatic carbocycles. The normalized spacial score (nSPS) is 13.7. The summed E-state index contributed by atoms with van der Waals surface area (Å²) in [5.41, 5.74) is 2.39. The highest BCUT2D eigenvalue weighted by atomic mass is 35.5. The van der Waals surface area contributed by atoms with E-state index in [-0.39, 0.29) is 22.2 Å². The summed E-state index contributed by atoms with van der Waals surface area (Å²) in [6.07, 6.45) is 3.51. The number of benzene rings is 1. The van der Waals surface area contributed by atoms with Crippen molar-refractivity contribution < 1.29 is 9.72 Å². The molecule has 25 heavy (non-hydrogen) atoms. The number of carbonyl (C=O) groups excluding carboxylic acids is 1. The number of nitro groups is 1.